The van der Waals surface area contributed by atoms with Gasteiger partial charge in [0, 0.05) is 18.2 Å². The average Bonchev–Trinajstić information content (AvgIpc) is 2.44. The Kier molecular flexibility index (Phi) is 4.56. The van der Waals surface area contributed by atoms with E-state index in [1.54, 1.807) is 19.1 Å². The van der Waals surface area contributed by atoms with Gasteiger partial charge in [0.05, 0.1) is 0 Å². The van der Waals surface area contributed by atoms with Gasteiger partial charge in [-0.25, -0.2) is 4.39 Å². The van der Waals surface area contributed by atoms with E-state index in [-0.39, 0.29) is 11.7 Å². The van der Waals surface area contributed by atoms with Gasteiger partial charge in [-0.2, -0.15) is 0 Å². The van der Waals surface area contributed by atoms with E-state index in [1.165, 1.54) is 25.3 Å². The van der Waals surface area contributed by atoms with Gasteiger partial charge in [0.2, 0.25) is 0 Å². The number of carbonyl (C=O) groups is 1. The normalized spacial score (nSPS) is 16.4. The van der Waals surface area contributed by atoms with Crippen LogP contribution in [0.5, 0.6) is 0 Å². The molecule has 2 rings (SSSR count). The van der Waals surface area contributed by atoms with Crippen LogP contribution >= 0.6 is 0 Å². The minimum Gasteiger partial charge on any atom is -0.336 e. The molecule has 0 aromatic heterocycles. The Morgan fingerprint density at radius 2 is 2.00 bits per heavy atom. The largest absolute Gasteiger partial charge is 0.336 e. The van der Waals surface area contributed by atoms with Gasteiger partial charge >= 0.3 is 0 Å². The first-order valence-corrected chi connectivity index (χ1v) is 7.20. The second-order valence-electron chi connectivity index (χ2n) is 5.35. The highest BCUT2D eigenvalue weighted by molar-refractivity contribution is 5.94. The minimum atomic E-state index is -0.300. The fraction of sp³-hybridized carbons (Fsp3) is 0.562. The Hall–Kier alpha value is -1.38. The molecule has 0 saturated heterocycles. The number of hydrogen-bond acceptors (Lipinski definition) is 1. The molecule has 1 fully saturated rings. The van der Waals surface area contributed by atoms with E-state index in [4.69, 9.17) is 0 Å². The van der Waals surface area contributed by atoms with E-state index in [9.17, 15) is 9.18 Å². The first-order valence-electron chi connectivity index (χ1n) is 7.20. The van der Waals surface area contributed by atoms with Gasteiger partial charge in [-0.05, 0) is 44.4 Å². The molecular formula is C16H22FNO. The maximum Gasteiger partial charge on any atom is 0.254 e. The summed E-state index contributed by atoms with van der Waals surface area (Å²) in [6, 6.07) is 5.10. The number of carbonyl (C=O) groups excluding carboxylic acids is 1. The molecule has 1 amide bonds. The second-order valence-corrected chi connectivity index (χ2v) is 5.35. The zero-order valence-electron chi connectivity index (χ0n) is 11.8. The molecule has 1 saturated carbocycles. The van der Waals surface area contributed by atoms with E-state index in [0.29, 0.717) is 23.7 Å². The molecule has 0 heterocycles. The zero-order valence-corrected chi connectivity index (χ0v) is 11.8. The summed E-state index contributed by atoms with van der Waals surface area (Å²) in [5.41, 5.74) is 1.05. The van der Waals surface area contributed by atoms with Crippen molar-refractivity contribution in [3.05, 3.63) is 35.1 Å². The third-order valence-corrected chi connectivity index (χ3v) is 4.04. The number of benzene rings is 1. The molecule has 0 atom stereocenters. The number of rotatable bonds is 3. The van der Waals surface area contributed by atoms with Gasteiger partial charge in [-0.15, -0.1) is 0 Å². The molecule has 3 heteroatoms. The summed E-state index contributed by atoms with van der Waals surface area (Å²) in [5.74, 6) is -0.334. The zero-order chi connectivity index (χ0) is 13.8. The molecular weight excluding hydrogens is 241 g/mol. The van der Waals surface area contributed by atoms with Crippen LogP contribution in [0.15, 0.2) is 18.2 Å². The molecule has 0 aliphatic heterocycles. The molecule has 19 heavy (non-hydrogen) atoms. The highest BCUT2D eigenvalue weighted by Gasteiger charge is 2.25. The van der Waals surface area contributed by atoms with Crippen LogP contribution < -0.4 is 0 Å². The van der Waals surface area contributed by atoms with Gasteiger partial charge in [-0.1, -0.05) is 25.3 Å². The number of nitrogens with zero attached hydrogens (tertiary/aromatic N) is 1. The molecule has 2 nitrogen and oxygen atoms in total. The van der Waals surface area contributed by atoms with E-state index in [0.717, 1.165) is 12.8 Å². The lowest BCUT2D eigenvalue weighted by Gasteiger charge is -2.33. The van der Waals surface area contributed by atoms with Crippen LogP contribution in [-0.2, 0) is 0 Å². The highest BCUT2D eigenvalue weighted by atomic mass is 19.1. The molecule has 104 valence electrons. The lowest BCUT2D eigenvalue weighted by molar-refractivity contribution is 0.0647. The van der Waals surface area contributed by atoms with Gasteiger partial charge in [0.25, 0.3) is 5.91 Å². The standard InChI is InChI=1S/C16H22FNO/c1-3-18(14-7-5-4-6-8-14)16(19)13-10-9-12(2)15(17)11-13/h9-11,14H,3-8H2,1-2H3. The molecule has 1 aromatic carbocycles. The molecule has 0 spiro atoms. The third kappa shape index (κ3) is 3.14. The Balaban J connectivity index is 2.17. The fourth-order valence-electron chi connectivity index (χ4n) is 2.85. The predicted molar refractivity (Wildman–Crippen MR) is 74.7 cm³/mol. The van der Waals surface area contributed by atoms with E-state index in [2.05, 4.69) is 0 Å². The van der Waals surface area contributed by atoms with Gasteiger partial charge < -0.3 is 4.90 Å². The first kappa shape index (κ1) is 14.0. The Morgan fingerprint density at radius 3 is 2.58 bits per heavy atom. The average molecular weight is 263 g/mol. The molecule has 0 bridgehead atoms. The van der Waals surface area contributed by atoms with Crippen molar-refractivity contribution in [2.45, 2.75) is 52.0 Å². The van der Waals surface area contributed by atoms with Crippen molar-refractivity contribution in [2.24, 2.45) is 0 Å². The molecule has 0 N–H and O–H groups in total. The second kappa shape index (κ2) is 6.18. The van der Waals surface area contributed by atoms with E-state index < -0.39 is 0 Å². The SMILES string of the molecule is CCN(C(=O)c1ccc(C)c(F)c1)C1CCCCC1. The van der Waals surface area contributed by atoms with Crippen molar-refractivity contribution < 1.29 is 9.18 Å². The topological polar surface area (TPSA) is 20.3 Å². The molecule has 0 unspecified atom stereocenters. The Morgan fingerprint density at radius 1 is 1.32 bits per heavy atom. The summed E-state index contributed by atoms with van der Waals surface area (Å²) in [4.78, 5) is 14.4. The smallest absolute Gasteiger partial charge is 0.254 e. The molecule has 0 radical (unpaired) electrons. The monoisotopic (exact) mass is 263 g/mol. The maximum atomic E-state index is 13.6. The maximum absolute atomic E-state index is 13.6. The quantitative estimate of drug-likeness (QED) is 0.809. The van der Waals surface area contributed by atoms with Crippen molar-refractivity contribution in [3.8, 4) is 0 Å². The summed E-state index contributed by atoms with van der Waals surface area (Å²) >= 11 is 0. The van der Waals surface area contributed by atoms with Crippen LogP contribution in [0.3, 0.4) is 0 Å². The van der Waals surface area contributed by atoms with Crippen LogP contribution in [0.4, 0.5) is 4.39 Å². The van der Waals surface area contributed by atoms with Gasteiger partial charge in [0.1, 0.15) is 5.82 Å². The lowest BCUT2D eigenvalue weighted by Crippen LogP contribution is -2.41. The number of hydrogen-bond donors (Lipinski definition) is 0. The van der Waals surface area contributed by atoms with Crippen LogP contribution in [0.1, 0.15) is 54.9 Å². The summed E-state index contributed by atoms with van der Waals surface area (Å²) in [7, 11) is 0. The summed E-state index contributed by atoms with van der Waals surface area (Å²) < 4.78 is 13.6. The summed E-state index contributed by atoms with van der Waals surface area (Å²) in [5, 5.41) is 0. The van der Waals surface area contributed by atoms with Crippen molar-refractivity contribution in [2.75, 3.05) is 6.54 Å². The predicted octanol–water partition coefficient (Wildman–Crippen LogP) is 3.93. The Bertz CT molecular complexity index is 452. The van der Waals surface area contributed by atoms with Gasteiger partial charge in [-0.3, -0.25) is 4.79 Å². The van der Waals surface area contributed by atoms with E-state index >= 15 is 0 Å². The molecule has 1 aliphatic rings. The highest BCUT2D eigenvalue weighted by Crippen LogP contribution is 2.24. The fourth-order valence-corrected chi connectivity index (χ4v) is 2.85. The van der Waals surface area contributed by atoms with Crippen LogP contribution in [-0.4, -0.2) is 23.4 Å². The van der Waals surface area contributed by atoms with Crippen molar-refractivity contribution >= 4 is 5.91 Å². The van der Waals surface area contributed by atoms with Crippen molar-refractivity contribution in [1.82, 2.24) is 4.90 Å². The van der Waals surface area contributed by atoms with Crippen molar-refractivity contribution in [1.29, 1.82) is 0 Å². The summed E-state index contributed by atoms with van der Waals surface area (Å²) in [6.45, 7) is 4.40. The lowest BCUT2D eigenvalue weighted by atomic mass is 9.93. The number of aryl methyl sites for hydroxylation is 1. The van der Waals surface area contributed by atoms with E-state index in [1.807, 2.05) is 11.8 Å². The number of halogens is 1. The number of amides is 1. The molecule has 1 aromatic rings. The first-order chi connectivity index (χ1) is 9.13. The minimum absolute atomic E-state index is 0.0340. The van der Waals surface area contributed by atoms with Crippen LogP contribution in [0, 0.1) is 12.7 Å². The van der Waals surface area contributed by atoms with Crippen molar-refractivity contribution in [3.63, 3.8) is 0 Å². The summed E-state index contributed by atoms with van der Waals surface area (Å²) in [6.07, 6.45) is 5.80. The van der Waals surface area contributed by atoms with Crippen LogP contribution in [0.2, 0.25) is 0 Å². The molecule has 1 aliphatic carbocycles. The van der Waals surface area contributed by atoms with Gasteiger partial charge in [0.15, 0.2) is 0 Å². The third-order valence-electron chi connectivity index (χ3n) is 4.04. The Labute approximate surface area is 114 Å². The van der Waals surface area contributed by atoms with Crippen LogP contribution in [0.25, 0.3) is 0 Å².